The number of aryl methyl sites for hydroxylation is 1. The minimum Gasteiger partial charge on any atom is -0.478 e. The van der Waals surface area contributed by atoms with E-state index >= 15 is 0 Å². The minimum atomic E-state index is -1.02. The lowest BCUT2D eigenvalue weighted by atomic mass is 9.73. The monoisotopic (exact) mass is 537 g/mol. The van der Waals surface area contributed by atoms with Crippen LogP contribution in [0.1, 0.15) is 66.6 Å². The van der Waals surface area contributed by atoms with Gasteiger partial charge in [0.2, 0.25) is 11.9 Å². The summed E-state index contributed by atoms with van der Waals surface area (Å²) in [6, 6.07) is 6.42. The van der Waals surface area contributed by atoms with E-state index in [-0.39, 0.29) is 23.3 Å². The number of benzene rings is 1. The first kappa shape index (κ1) is 30.1. The third-order valence-electron chi connectivity index (χ3n) is 8.10. The largest absolute Gasteiger partial charge is 0.478 e. The molecule has 0 spiro atoms. The summed E-state index contributed by atoms with van der Waals surface area (Å²) in [7, 11) is 5.62. The Labute approximate surface area is 232 Å². The van der Waals surface area contributed by atoms with Gasteiger partial charge in [0.25, 0.3) is 5.91 Å². The van der Waals surface area contributed by atoms with Crippen molar-refractivity contribution in [2.24, 2.45) is 18.4 Å². The minimum absolute atomic E-state index is 0.0210. The molecule has 1 aromatic carbocycles. The summed E-state index contributed by atoms with van der Waals surface area (Å²) in [5, 5.41) is 13.6. The number of hydrogen-bond donors (Lipinski definition) is 2. The number of carboxylic acid groups (broad SMARTS) is 1. The van der Waals surface area contributed by atoms with Gasteiger partial charge in [-0.1, -0.05) is 58.9 Å². The van der Waals surface area contributed by atoms with Crippen molar-refractivity contribution in [1.29, 1.82) is 0 Å². The lowest BCUT2D eigenvalue weighted by molar-refractivity contribution is -0.531. The molecule has 3 rings (SSSR count). The SMILES string of the molecule is C/C(=C\C(C(C)C)N(C)C(=O)C(NC(=O)C1[N+](C)=Cc2c(c3ccccc3n2C)C1(C)C)C(C)(C)C)C(=O)O. The number of hydrogen-bond acceptors (Lipinski definition) is 3. The molecule has 0 saturated carbocycles. The fraction of sp³-hybridized carbons (Fsp3) is 0.548. The molecule has 2 heterocycles. The van der Waals surface area contributed by atoms with Crippen molar-refractivity contribution in [3.05, 3.63) is 47.2 Å². The van der Waals surface area contributed by atoms with Crippen LogP contribution in [0, 0.1) is 11.3 Å². The molecule has 3 atom stereocenters. The Bertz CT molecular complexity index is 1360. The Morgan fingerprint density at radius 3 is 2.31 bits per heavy atom. The standard InChI is InChI=1S/C31H44N4O4/c1-18(2)22(16-19(3)29(38)39)35(11)28(37)25(30(4,5)6)32-27(36)26-31(7,8)24-20-14-12-13-15-21(20)34(10)23(24)17-33(26)9/h12-18,22,25-26H,1-11H3,(H-,32,36,38,39)/p+1/b19-16+. The number of rotatable bonds is 7. The van der Waals surface area contributed by atoms with E-state index in [1.165, 1.54) is 6.92 Å². The molecular formula is C31H45N4O4+. The van der Waals surface area contributed by atoms with Crippen molar-refractivity contribution in [1.82, 2.24) is 14.8 Å². The molecule has 8 heteroatoms. The zero-order valence-electron chi connectivity index (χ0n) is 25.3. The first-order chi connectivity index (χ1) is 17.9. The molecule has 0 radical (unpaired) electrons. The van der Waals surface area contributed by atoms with E-state index in [0.717, 1.165) is 22.2 Å². The van der Waals surface area contributed by atoms with E-state index in [1.54, 1.807) is 18.0 Å². The number of para-hydroxylation sites is 1. The predicted molar refractivity (Wildman–Crippen MR) is 155 cm³/mol. The van der Waals surface area contributed by atoms with E-state index in [0.29, 0.717) is 0 Å². The molecule has 0 saturated heterocycles. The first-order valence-corrected chi connectivity index (χ1v) is 13.5. The van der Waals surface area contributed by atoms with E-state index in [9.17, 15) is 19.5 Å². The molecule has 0 aliphatic carbocycles. The Balaban J connectivity index is 2.00. The summed E-state index contributed by atoms with van der Waals surface area (Å²) < 4.78 is 4.10. The number of likely N-dealkylation sites (N-methyl/N-ethyl adjacent to an activating group) is 2. The summed E-state index contributed by atoms with van der Waals surface area (Å²) in [5.41, 5.74) is 2.33. The molecule has 0 fully saturated rings. The second kappa shape index (κ2) is 10.6. The van der Waals surface area contributed by atoms with Crippen LogP contribution in [-0.4, -0.2) is 75.4 Å². The van der Waals surface area contributed by atoms with E-state index in [4.69, 9.17) is 0 Å². The molecule has 1 aliphatic heterocycles. The molecule has 2 N–H and O–H groups in total. The highest BCUT2D eigenvalue weighted by Gasteiger charge is 2.51. The fourth-order valence-electron chi connectivity index (χ4n) is 5.97. The normalized spacial score (nSPS) is 18.8. The van der Waals surface area contributed by atoms with Crippen LogP contribution in [-0.2, 0) is 26.8 Å². The second-order valence-electron chi connectivity index (χ2n) is 12.9. The second-order valence-corrected chi connectivity index (χ2v) is 12.9. The van der Waals surface area contributed by atoms with Gasteiger partial charge < -0.3 is 19.9 Å². The maximum atomic E-state index is 14.1. The van der Waals surface area contributed by atoms with Gasteiger partial charge >= 0.3 is 5.97 Å². The molecule has 2 aromatic rings. The fourth-order valence-corrected chi connectivity index (χ4v) is 5.97. The van der Waals surface area contributed by atoms with Gasteiger partial charge in [0, 0.05) is 36.1 Å². The van der Waals surface area contributed by atoms with E-state index < -0.39 is 34.9 Å². The van der Waals surface area contributed by atoms with Gasteiger partial charge in [0.15, 0.2) is 6.21 Å². The number of aromatic nitrogens is 1. The van der Waals surface area contributed by atoms with Gasteiger partial charge in [-0.15, -0.1) is 0 Å². The van der Waals surface area contributed by atoms with Gasteiger partial charge in [0.05, 0.1) is 11.5 Å². The molecule has 8 nitrogen and oxygen atoms in total. The van der Waals surface area contributed by atoms with Gasteiger partial charge in [-0.2, -0.15) is 0 Å². The van der Waals surface area contributed by atoms with Crippen LogP contribution >= 0.6 is 0 Å². The molecule has 2 amide bonds. The average Bonchev–Trinajstić information content (AvgIpc) is 3.11. The van der Waals surface area contributed by atoms with Crippen molar-refractivity contribution in [2.75, 3.05) is 14.1 Å². The summed E-state index contributed by atoms with van der Waals surface area (Å²) >= 11 is 0. The van der Waals surface area contributed by atoms with E-state index in [1.807, 2.05) is 71.6 Å². The Kier molecular flexibility index (Phi) is 8.21. The van der Waals surface area contributed by atoms with Crippen molar-refractivity contribution in [3.8, 4) is 0 Å². The summed E-state index contributed by atoms with van der Waals surface area (Å²) in [6.45, 7) is 15.4. The van der Waals surface area contributed by atoms with Crippen molar-refractivity contribution < 1.29 is 24.1 Å². The van der Waals surface area contributed by atoms with Gasteiger partial charge in [-0.25, -0.2) is 9.37 Å². The lowest BCUT2D eigenvalue weighted by Gasteiger charge is -2.39. The molecule has 1 aromatic heterocycles. The average molecular weight is 538 g/mol. The van der Waals surface area contributed by atoms with Crippen molar-refractivity contribution >= 4 is 34.9 Å². The molecule has 0 bridgehead atoms. The Morgan fingerprint density at radius 1 is 1.18 bits per heavy atom. The molecule has 1 aliphatic rings. The number of nitrogens with one attached hydrogen (secondary N) is 1. The maximum Gasteiger partial charge on any atom is 0.331 e. The molecule has 39 heavy (non-hydrogen) atoms. The molecule has 212 valence electrons. The zero-order valence-corrected chi connectivity index (χ0v) is 25.3. The highest BCUT2D eigenvalue weighted by molar-refractivity contribution is 5.98. The van der Waals surface area contributed by atoms with Gasteiger partial charge in [-0.05, 0) is 38.2 Å². The smallest absolute Gasteiger partial charge is 0.331 e. The van der Waals surface area contributed by atoms with Crippen LogP contribution in [0.5, 0.6) is 0 Å². The number of amides is 2. The lowest BCUT2D eigenvalue weighted by Crippen LogP contribution is -2.61. The van der Waals surface area contributed by atoms with Gasteiger partial charge in [-0.3, -0.25) is 9.59 Å². The van der Waals surface area contributed by atoms with E-state index in [2.05, 4.69) is 35.9 Å². The molecular weight excluding hydrogens is 492 g/mol. The highest BCUT2D eigenvalue weighted by atomic mass is 16.4. The first-order valence-electron chi connectivity index (χ1n) is 13.5. The third-order valence-corrected chi connectivity index (χ3v) is 8.10. The zero-order chi connectivity index (χ0) is 29.6. The molecule has 3 unspecified atom stereocenters. The van der Waals surface area contributed by atoms with Gasteiger partial charge in [0.1, 0.15) is 18.8 Å². The summed E-state index contributed by atoms with van der Waals surface area (Å²) in [5.74, 6) is -1.52. The van der Waals surface area contributed by atoms with Crippen LogP contribution < -0.4 is 5.32 Å². The van der Waals surface area contributed by atoms with Crippen LogP contribution in [0.15, 0.2) is 35.9 Å². The highest BCUT2D eigenvalue weighted by Crippen LogP contribution is 2.40. The third kappa shape index (κ3) is 5.52. The number of aliphatic carboxylic acids is 1. The van der Waals surface area contributed by atoms with Crippen molar-refractivity contribution in [3.63, 3.8) is 0 Å². The number of carboxylic acids is 1. The summed E-state index contributed by atoms with van der Waals surface area (Å²) in [6.07, 6.45) is 3.63. The Hall–Kier alpha value is -3.42. The number of carbonyl (C=O) groups excluding carboxylic acids is 2. The van der Waals surface area contributed by atoms with Crippen LogP contribution in [0.4, 0.5) is 0 Å². The number of carbonyl (C=O) groups is 3. The predicted octanol–water partition coefficient (Wildman–Crippen LogP) is 3.94. The number of fused-ring (bicyclic) bond motifs is 3. The number of nitrogens with zero attached hydrogens (tertiary/aromatic N) is 3. The van der Waals surface area contributed by atoms with Crippen molar-refractivity contribution in [2.45, 2.75) is 78.9 Å². The Morgan fingerprint density at radius 2 is 1.77 bits per heavy atom. The van der Waals surface area contributed by atoms with Crippen LogP contribution in [0.3, 0.4) is 0 Å². The van der Waals surface area contributed by atoms with Crippen LogP contribution in [0.2, 0.25) is 0 Å². The maximum absolute atomic E-state index is 14.1. The topological polar surface area (TPSA) is 94.7 Å². The summed E-state index contributed by atoms with van der Waals surface area (Å²) in [4.78, 5) is 41.1. The quantitative estimate of drug-likeness (QED) is 0.413. The van der Waals surface area contributed by atoms with Crippen LogP contribution in [0.25, 0.3) is 10.9 Å².